The van der Waals surface area contributed by atoms with Gasteiger partial charge in [0.15, 0.2) is 6.61 Å². The van der Waals surface area contributed by atoms with Gasteiger partial charge in [0, 0.05) is 173 Å². The number of fused-ring (bicyclic) bond motifs is 9. The quantitative estimate of drug-likeness (QED) is 0.145. The van der Waals surface area contributed by atoms with E-state index in [4.69, 9.17) is 4.74 Å². The molecule has 0 unspecified atom stereocenters. The van der Waals surface area contributed by atoms with Crippen LogP contribution in [0.2, 0.25) is 0 Å². The number of ether oxygens (including phenoxy) is 1. The lowest BCUT2D eigenvalue weighted by Gasteiger charge is -2.25. The van der Waals surface area contributed by atoms with Crippen molar-refractivity contribution in [1.29, 1.82) is 0 Å². The minimum absolute atomic E-state index is 0.00583. The van der Waals surface area contributed by atoms with Gasteiger partial charge in [0.2, 0.25) is 11.8 Å². The van der Waals surface area contributed by atoms with Crippen LogP contribution in [0.4, 0.5) is 17.1 Å². The number of aromatic nitrogens is 8. The first kappa shape index (κ1) is 71.8. The second-order valence-corrected chi connectivity index (χ2v) is 27.1. The van der Waals surface area contributed by atoms with Crippen LogP contribution in [-0.2, 0) is 98.8 Å². The number of hydrogen-bond donors (Lipinski definition) is 2. The van der Waals surface area contributed by atoms with Crippen molar-refractivity contribution in [3.63, 3.8) is 0 Å². The molecule has 0 fully saturated rings. The van der Waals surface area contributed by atoms with Gasteiger partial charge in [-0.25, -0.2) is 4.98 Å². The van der Waals surface area contributed by atoms with E-state index in [2.05, 4.69) is 142 Å². The summed E-state index contributed by atoms with van der Waals surface area (Å²) in [5.74, 6) is 1.73. The van der Waals surface area contributed by atoms with Gasteiger partial charge in [-0.3, -0.25) is 49.2 Å². The van der Waals surface area contributed by atoms with Crippen molar-refractivity contribution in [1.82, 2.24) is 69.5 Å². The average Bonchev–Trinajstić information content (AvgIpc) is 1.57. The number of imidazole rings is 1. The van der Waals surface area contributed by atoms with Gasteiger partial charge in [-0.05, 0) is 178 Å². The first-order valence-corrected chi connectivity index (χ1v) is 34.6. The molecule has 15 heterocycles. The number of amides is 3. The van der Waals surface area contributed by atoms with E-state index in [1.54, 1.807) is 39.8 Å². The summed E-state index contributed by atoms with van der Waals surface area (Å²) in [7, 11) is 18.2. The molecule has 6 aromatic heterocycles. The van der Waals surface area contributed by atoms with Crippen LogP contribution in [-0.4, -0.2) is 189 Å². The van der Waals surface area contributed by atoms with E-state index in [1.165, 1.54) is 97.1 Å². The number of nitrogens with zero attached hydrogens (tertiary/aromatic N) is 15. The van der Waals surface area contributed by atoms with Crippen LogP contribution in [0.15, 0.2) is 164 Å². The predicted octanol–water partition coefficient (Wildman–Crippen LogP) is 9.38. The number of rotatable bonds is 0. The zero-order valence-corrected chi connectivity index (χ0v) is 59.2. The van der Waals surface area contributed by atoms with Crippen molar-refractivity contribution in [2.45, 2.75) is 95.8 Å². The Morgan fingerprint density at radius 2 is 0.857 bits per heavy atom. The van der Waals surface area contributed by atoms with Gasteiger partial charge in [-0.15, -0.1) is 11.8 Å². The summed E-state index contributed by atoms with van der Waals surface area (Å²) in [6.07, 6.45) is 25.2. The van der Waals surface area contributed by atoms with E-state index < -0.39 is 0 Å². The third-order valence-electron chi connectivity index (χ3n) is 18.4. The highest BCUT2D eigenvalue weighted by molar-refractivity contribution is 8.00. The van der Waals surface area contributed by atoms with Crippen LogP contribution < -0.4 is 19.4 Å². The Kier molecular flexibility index (Phi) is 26.0. The molecule has 3 aromatic carbocycles. The summed E-state index contributed by atoms with van der Waals surface area (Å²) < 4.78 is 5.21. The SMILES string of the molecule is CN1C(=O)CCc2ccccc21.CN1C(=O)COc2ccccc21.CN1C(=O)CSc2ccccc21.CN1CCc2ccncc2C1.CN1CCc2cn[nH]c2C1.CN1CCc2cnccc2C1.CN1CCc2nc[nH]c2C1.CN1Cc2ccncc2C1.CN1Cc2ccncc2C1. The molecular formula is C76H95N17O4S. The molecule has 514 valence electrons. The number of anilines is 3. The molecule has 21 nitrogen and oxygen atoms in total. The highest BCUT2D eigenvalue weighted by atomic mass is 32.2. The molecule has 22 heteroatoms. The molecule has 2 N–H and O–H groups in total. The van der Waals surface area contributed by atoms with Gasteiger partial charge < -0.3 is 44.0 Å². The van der Waals surface area contributed by atoms with Crippen LogP contribution in [0.25, 0.3) is 0 Å². The molecular weight excluding hydrogens is 1250 g/mol. The molecule has 0 aliphatic carbocycles. The lowest BCUT2D eigenvalue weighted by molar-refractivity contribution is -0.121. The van der Waals surface area contributed by atoms with E-state index >= 15 is 0 Å². The first-order chi connectivity index (χ1) is 47.5. The van der Waals surface area contributed by atoms with E-state index in [0.717, 1.165) is 114 Å². The molecule has 0 radical (unpaired) electrons. The Bertz CT molecular complexity index is 3700. The number of nitrogens with one attached hydrogen (secondary N) is 2. The Morgan fingerprint density at radius 3 is 1.51 bits per heavy atom. The fourth-order valence-corrected chi connectivity index (χ4v) is 13.6. The third-order valence-corrected chi connectivity index (χ3v) is 19.4. The fourth-order valence-electron chi connectivity index (χ4n) is 12.6. The van der Waals surface area contributed by atoms with E-state index in [-0.39, 0.29) is 24.3 Å². The minimum atomic E-state index is -0.00583. The Morgan fingerprint density at radius 1 is 0.388 bits per heavy atom. The maximum absolute atomic E-state index is 11.3. The average molecular weight is 1340 g/mol. The van der Waals surface area contributed by atoms with E-state index in [0.29, 0.717) is 12.2 Å². The van der Waals surface area contributed by atoms with Crippen LogP contribution in [0.1, 0.15) is 79.1 Å². The number of aryl methyl sites for hydroxylation is 1. The molecule has 0 bridgehead atoms. The number of H-pyrrole nitrogens is 2. The lowest BCUT2D eigenvalue weighted by atomic mass is 10.0. The van der Waals surface area contributed by atoms with Crippen molar-refractivity contribution in [3.05, 3.63) is 232 Å². The zero-order valence-electron chi connectivity index (χ0n) is 58.4. The highest BCUT2D eigenvalue weighted by Gasteiger charge is 2.24. The summed E-state index contributed by atoms with van der Waals surface area (Å²) in [6.45, 7) is 13.3. The zero-order chi connectivity index (χ0) is 68.9. The van der Waals surface area contributed by atoms with Crippen molar-refractivity contribution in [2.24, 2.45) is 0 Å². The first-order valence-electron chi connectivity index (χ1n) is 33.6. The van der Waals surface area contributed by atoms with Gasteiger partial charge in [-0.2, -0.15) is 5.10 Å². The Hall–Kier alpha value is -9.00. The predicted molar refractivity (Wildman–Crippen MR) is 389 cm³/mol. The molecule has 9 aromatic rings. The Labute approximate surface area is 582 Å². The van der Waals surface area contributed by atoms with Crippen LogP contribution in [0.3, 0.4) is 0 Å². The van der Waals surface area contributed by atoms with E-state index in [9.17, 15) is 14.4 Å². The summed E-state index contributed by atoms with van der Waals surface area (Å²) in [5, 5.41) is 6.98. The van der Waals surface area contributed by atoms with Gasteiger partial charge in [0.1, 0.15) is 5.75 Å². The summed E-state index contributed by atoms with van der Waals surface area (Å²) in [6, 6.07) is 32.0. The van der Waals surface area contributed by atoms with Crippen LogP contribution >= 0.6 is 11.8 Å². The molecule has 0 atom stereocenters. The third kappa shape index (κ3) is 20.1. The Balaban J connectivity index is 0.000000120. The molecule has 3 amide bonds. The number of carbonyl (C=O) groups is 3. The maximum Gasteiger partial charge on any atom is 0.264 e. The van der Waals surface area contributed by atoms with Gasteiger partial charge in [0.25, 0.3) is 5.91 Å². The van der Waals surface area contributed by atoms with Crippen molar-refractivity contribution in [2.75, 3.05) is 117 Å². The molecule has 98 heavy (non-hydrogen) atoms. The smallest absolute Gasteiger partial charge is 0.264 e. The lowest BCUT2D eigenvalue weighted by Crippen LogP contribution is -2.35. The largest absolute Gasteiger partial charge is 0.482 e. The van der Waals surface area contributed by atoms with Crippen LogP contribution in [0, 0.1) is 0 Å². The molecule has 18 rings (SSSR count). The van der Waals surface area contributed by atoms with Crippen molar-refractivity contribution >= 4 is 46.5 Å². The number of benzene rings is 3. The minimum Gasteiger partial charge on any atom is -0.482 e. The number of carbonyl (C=O) groups excluding carboxylic acids is 3. The second-order valence-electron chi connectivity index (χ2n) is 26.1. The number of hydrogen-bond acceptors (Lipinski definition) is 17. The van der Waals surface area contributed by atoms with Gasteiger partial charge in [-0.1, -0.05) is 42.5 Å². The normalized spacial score (nSPS) is 17.2. The summed E-state index contributed by atoms with van der Waals surface area (Å²) in [4.78, 5) is 77.4. The fraction of sp³-hybridized carbons (Fsp3) is 0.382. The maximum atomic E-state index is 11.3. The monoisotopic (exact) mass is 1340 g/mol. The highest BCUT2D eigenvalue weighted by Crippen LogP contribution is 2.34. The second kappa shape index (κ2) is 35.5. The standard InChI is InChI=1S/C10H11NO.2C9H12N2.C9H9NO2.C9H9NOS.2C8H10N2.2C7H11N3/c1-11-9-5-3-2-4-8(9)6-7-10(11)12;1-11-5-3-8-6-10-4-2-9(8)7-11;1-11-5-3-8-2-4-10-6-9(8)7-11;2*1-10-7-4-2-3-5-8(7)12-6-9(10)11;2*1-10-5-7-2-3-9-4-8(7)6-10;1-10-3-2-6-7(4-10)9-5-8-6;1-10-3-2-6-4-8-9-7(6)5-10/h2-5H,6-7H2,1H3;2*2,4,6H,3,5,7H2,1H3;2*2-5H,6H2,1H3;2*2-4H,5-6H2,1H3;5H,2-4H2,1H3,(H,8,9);4H,2-3,5H2,1H3,(H,8,9). The summed E-state index contributed by atoms with van der Waals surface area (Å²) >= 11 is 1.61. The molecule has 0 saturated heterocycles. The molecule has 9 aliphatic heterocycles. The number of para-hydroxylation sites is 4. The van der Waals surface area contributed by atoms with Crippen molar-refractivity contribution < 1.29 is 19.1 Å². The molecule has 0 spiro atoms. The molecule has 9 aliphatic rings. The number of likely N-dealkylation sites (N-methyl/N-ethyl adjacent to an activating group) is 5. The van der Waals surface area contributed by atoms with Gasteiger partial charge >= 0.3 is 0 Å². The number of thioether (sulfide) groups is 1. The summed E-state index contributed by atoms with van der Waals surface area (Å²) in [5.41, 5.74) is 20.8. The van der Waals surface area contributed by atoms with Gasteiger partial charge in [0.05, 0.1) is 46.7 Å². The number of aromatic amines is 2. The van der Waals surface area contributed by atoms with Crippen molar-refractivity contribution in [3.8, 4) is 5.75 Å². The van der Waals surface area contributed by atoms with E-state index in [1.807, 2.05) is 137 Å². The topological polar surface area (TPSA) is 199 Å². The number of pyridine rings is 4. The van der Waals surface area contributed by atoms with Crippen LogP contribution in [0.5, 0.6) is 5.75 Å². The molecule has 0 saturated carbocycles.